The number of amides is 2. The summed E-state index contributed by atoms with van der Waals surface area (Å²) in [5.41, 5.74) is -0.238. The van der Waals surface area contributed by atoms with Crippen LogP contribution in [0.5, 0.6) is 11.5 Å². The Morgan fingerprint density at radius 2 is 1.91 bits per heavy atom. The minimum atomic E-state index is -1.12. The molecule has 0 spiro atoms. The summed E-state index contributed by atoms with van der Waals surface area (Å²) in [5.74, 6) is -2.33. The number of nitro groups is 1. The van der Waals surface area contributed by atoms with Crippen LogP contribution < -0.4 is 9.47 Å². The second kappa shape index (κ2) is 8.64. The van der Waals surface area contributed by atoms with Gasteiger partial charge in [-0.15, -0.1) is 0 Å². The standard InChI is InChI=1S/C22H23N3O8/c1-4-32-16-8-12(7-15(25(29)30)19(16)33-11(2)22(28)31-3)10-23-24-20(26)17-13-5-6-14(9-13)18(17)21(24)27/h5-8,10-11,13-14,17-18H,4,9H2,1-3H3/t11-,13-,14-,17-,18+/m0/s1. The highest BCUT2D eigenvalue weighted by Crippen LogP contribution is 2.52. The Morgan fingerprint density at radius 3 is 2.45 bits per heavy atom. The van der Waals surface area contributed by atoms with Crippen LogP contribution >= 0.6 is 0 Å². The number of hydrogen-bond acceptors (Lipinski definition) is 9. The molecule has 1 aromatic rings. The van der Waals surface area contributed by atoms with E-state index in [0.717, 1.165) is 11.4 Å². The van der Waals surface area contributed by atoms with Crippen molar-refractivity contribution in [2.45, 2.75) is 26.4 Å². The van der Waals surface area contributed by atoms with E-state index >= 15 is 0 Å². The predicted octanol–water partition coefficient (Wildman–Crippen LogP) is 2.07. The van der Waals surface area contributed by atoms with Crippen LogP contribution in [0, 0.1) is 33.8 Å². The highest BCUT2D eigenvalue weighted by atomic mass is 16.6. The lowest BCUT2D eigenvalue weighted by atomic mass is 9.85. The number of rotatable bonds is 8. The molecule has 3 aliphatic rings. The number of esters is 1. The second-order valence-corrected chi connectivity index (χ2v) is 8.07. The van der Waals surface area contributed by atoms with Crippen LogP contribution in [0.4, 0.5) is 5.69 Å². The molecular formula is C22H23N3O8. The highest BCUT2D eigenvalue weighted by molar-refractivity contribution is 6.06. The molecule has 0 N–H and O–H groups in total. The summed E-state index contributed by atoms with van der Waals surface area (Å²) in [6, 6.07) is 2.60. The normalized spacial score (nSPS) is 26.1. The van der Waals surface area contributed by atoms with Crippen molar-refractivity contribution in [1.82, 2.24) is 5.01 Å². The molecule has 1 saturated carbocycles. The van der Waals surface area contributed by atoms with Gasteiger partial charge in [-0.2, -0.15) is 10.1 Å². The smallest absolute Gasteiger partial charge is 0.346 e. The Kier molecular flexibility index (Phi) is 5.88. The Labute approximate surface area is 189 Å². The fourth-order valence-corrected chi connectivity index (χ4v) is 4.72. The van der Waals surface area contributed by atoms with Crippen molar-refractivity contribution in [2.24, 2.45) is 28.8 Å². The second-order valence-electron chi connectivity index (χ2n) is 8.07. The number of allylic oxidation sites excluding steroid dienone is 2. The van der Waals surface area contributed by atoms with Gasteiger partial charge in [-0.1, -0.05) is 12.2 Å². The molecule has 2 amide bonds. The summed E-state index contributed by atoms with van der Waals surface area (Å²) < 4.78 is 15.6. The fraction of sp³-hybridized carbons (Fsp3) is 0.455. The monoisotopic (exact) mass is 457 g/mol. The van der Waals surface area contributed by atoms with Gasteiger partial charge in [0.15, 0.2) is 11.9 Å². The molecule has 1 saturated heterocycles. The zero-order valence-corrected chi connectivity index (χ0v) is 18.3. The van der Waals surface area contributed by atoms with Gasteiger partial charge in [0.25, 0.3) is 11.8 Å². The van der Waals surface area contributed by atoms with Crippen molar-refractivity contribution < 1.29 is 33.5 Å². The van der Waals surface area contributed by atoms with Crippen LogP contribution in [0.1, 0.15) is 25.8 Å². The lowest BCUT2D eigenvalue weighted by molar-refractivity contribution is -0.386. The molecule has 1 aliphatic heterocycles. The average molecular weight is 457 g/mol. The molecule has 2 bridgehead atoms. The summed E-state index contributed by atoms with van der Waals surface area (Å²) in [5, 5.41) is 16.6. The summed E-state index contributed by atoms with van der Waals surface area (Å²) in [6.45, 7) is 3.25. The van der Waals surface area contributed by atoms with Crippen LogP contribution in [0.25, 0.3) is 0 Å². The SMILES string of the molecule is CCOc1cc(C=NN2C(=O)[C@@H]3[C@H](C2=O)[C@H]2C=C[C@H]3C2)cc([N+](=O)[O-])c1O[C@@H](C)C(=O)OC. The number of imide groups is 1. The van der Waals surface area contributed by atoms with E-state index in [-0.39, 0.29) is 47.3 Å². The topological polar surface area (TPSA) is 138 Å². The maximum Gasteiger partial charge on any atom is 0.346 e. The molecule has 11 nitrogen and oxygen atoms in total. The minimum Gasteiger partial charge on any atom is -0.490 e. The van der Waals surface area contributed by atoms with Crippen molar-refractivity contribution in [3.05, 3.63) is 40.0 Å². The number of benzene rings is 1. The van der Waals surface area contributed by atoms with Gasteiger partial charge in [0.05, 0.1) is 36.7 Å². The number of fused-ring (bicyclic) bond motifs is 5. The zero-order chi connectivity index (χ0) is 23.9. The van der Waals surface area contributed by atoms with E-state index in [9.17, 15) is 24.5 Å². The van der Waals surface area contributed by atoms with Gasteiger partial charge in [0.1, 0.15) is 0 Å². The van der Waals surface area contributed by atoms with Gasteiger partial charge in [-0.05, 0) is 38.2 Å². The predicted molar refractivity (Wildman–Crippen MR) is 114 cm³/mol. The van der Waals surface area contributed by atoms with E-state index in [2.05, 4.69) is 9.84 Å². The first-order chi connectivity index (χ1) is 15.8. The molecule has 1 heterocycles. The molecule has 0 aromatic heterocycles. The molecule has 4 rings (SSSR count). The van der Waals surface area contributed by atoms with E-state index in [1.165, 1.54) is 32.4 Å². The van der Waals surface area contributed by atoms with Crippen LogP contribution in [-0.2, 0) is 19.1 Å². The van der Waals surface area contributed by atoms with Gasteiger partial charge in [0, 0.05) is 11.6 Å². The largest absolute Gasteiger partial charge is 0.490 e. The number of hydrogen-bond donors (Lipinski definition) is 0. The number of methoxy groups -OCH3 is 1. The Bertz CT molecular complexity index is 1050. The van der Waals surface area contributed by atoms with E-state index in [1.807, 2.05) is 12.2 Å². The molecule has 1 aromatic carbocycles. The lowest BCUT2D eigenvalue weighted by Gasteiger charge is -2.16. The average Bonchev–Trinajstić information content (AvgIpc) is 3.47. The van der Waals surface area contributed by atoms with E-state index in [0.29, 0.717) is 0 Å². The number of hydrazone groups is 1. The van der Waals surface area contributed by atoms with Crippen molar-refractivity contribution >= 4 is 29.7 Å². The van der Waals surface area contributed by atoms with Crippen molar-refractivity contribution in [1.29, 1.82) is 0 Å². The summed E-state index contributed by atoms with van der Waals surface area (Å²) in [4.78, 5) is 48.3. The van der Waals surface area contributed by atoms with E-state index < -0.39 is 34.5 Å². The molecule has 2 fully saturated rings. The van der Waals surface area contributed by atoms with Gasteiger partial charge >= 0.3 is 11.7 Å². The number of carbonyl (C=O) groups excluding carboxylic acids is 3. The zero-order valence-electron chi connectivity index (χ0n) is 18.3. The Morgan fingerprint density at radius 1 is 1.27 bits per heavy atom. The molecule has 2 aliphatic carbocycles. The number of carbonyl (C=O) groups is 3. The minimum absolute atomic E-state index is 0.0158. The third-order valence-electron chi connectivity index (χ3n) is 6.15. The molecule has 11 heteroatoms. The van der Waals surface area contributed by atoms with Crippen molar-refractivity contribution in [3.8, 4) is 11.5 Å². The Balaban J connectivity index is 1.64. The van der Waals surface area contributed by atoms with Crippen molar-refractivity contribution in [3.63, 3.8) is 0 Å². The van der Waals surface area contributed by atoms with Crippen LogP contribution in [0.3, 0.4) is 0 Å². The number of nitrogens with zero attached hydrogens (tertiary/aromatic N) is 3. The van der Waals surface area contributed by atoms with E-state index in [4.69, 9.17) is 9.47 Å². The summed E-state index contributed by atoms with van der Waals surface area (Å²) in [6.07, 6.45) is 4.86. The van der Waals surface area contributed by atoms with Crippen LogP contribution in [0.2, 0.25) is 0 Å². The van der Waals surface area contributed by atoms with Crippen LogP contribution in [0.15, 0.2) is 29.4 Å². The first kappa shape index (κ1) is 22.4. The third kappa shape index (κ3) is 3.83. The first-order valence-electron chi connectivity index (χ1n) is 10.6. The summed E-state index contributed by atoms with van der Waals surface area (Å²) >= 11 is 0. The molecular weight excluding hydrogens is 434 g/mol. The number of nitro benzene ring substituents is 1. The molecule has 33 heavy (non-hydrogen) atoms. The van der Waals surface area contributed by atoms with Crippen LogP contribution in [-0.4, -0.2) is 53.8 Å². The van der Waals surface area contributed by atoms with Crippen molar-refractivity contribution in [2.75, 3.05) is 13.7 Å². The number of ether oxygens (including phenoxy) is 3. The van der Waals surface area contributed by atoms with Gasteiger partial charge in [-0.3, -0.25) is 19.7 Å². The fourth-order valence-electron chi connectivity index (χ4n) is 4.72. The lowest BCUT2D eigenvalue weighted by Crippen LogP contribution is -2.28. The maximum atomic E-state index is 12.8. The summed E-state index contributed by atoms with van der Waals surface area (Å²) in [7, 11) is 1.18. The molecule has 0 radical (unpaired) electrons. The Hall–Kier alpha value is -3.76. The molecule has 0 unspecified atom stereocenters. The van der Waals surface area contributed by atoms with Gasteiger partial charge < -0.3 is 14.2 Å². The van der Waals surface area contributed by atoms with E-state index in [1.54, 1.807) is 6.92 Å². The van der Waals surface area contributed by atoms with Gasteiger partial charge in [-0.25, -0.2) is 4.79 Å². The quantitative estimate of drug-likeness (QED) is 0.144. The maximum absolute atomic E-state index is 12.8. The molecule has 174 valence electrons. The van der Waals surface area contributed by atoms with Gasteiger partial charge in [0.2, 0.25) is 5.75 Å². The highest BCUT2D eigenvalue weighted by Gasteiger charge is 2.59. The third-order valence-corrected chi connectivity index (χ3v) is 6.15. The first-order valence-corrected chi connectivity index (χ1v) is 10.6. The molecule has 5 atom stereocenters.